The van der Waals surface area contributed by atoms with Crippen molar-refractivity contribution in [3.05, 3.63) is 146 Å². The summed E-state index contributed by atoms with van der Waals surface area (Å²) in [4.78, 5) is 0. The van der Waals surface area contributed by atoms with Crippen LogP contribution in [0.25, 0.3) is 129 Å². The minimum absolute atomic E-state index is 0.621. The van der Waals surface area contributed by atoms with E-state index in [-0.39, 0.29) is 0 Å². The molecule has 6 nitrogen and oxygen atoms in total. The largest absolute Gasteiger partial charge is 0.489 e. The number of hydrogen-bond acceptors (Lipinski definition) is 6. The Labute approximate surface area is 722 Å². The van der Waals surface area contributed by atoms with Crippen molar-refractivity contribution >= 4 is 129 Å². The Morgan fingerprint density at radius 1 is 0.142 bits per heavy atom. The van der Waals surface area contributed by atoms with Crippen LogP contribution in [0.15, 0.2) is 109 Å². The number of rotatable bonds is 60. The fourth-order valence-corrected chi connectivity index (χ4v) is 19.1. The van der Waals surface area contributed by atoms with Crippen LogP contribution in [0.5, 0.6) is 34.5 Å². The van der Waals surface area contributed by atoms with Gasteiger partial charge in [-0.15, -0.1) is 0 Å². The molecule has 636 valence electrons. The second-order valence-corrected chi connectivity index (χ2v) is 35.4. The van der Waals surface area contributed by atoms with Gasteiger partial charge in [0.15, 0.2) is 34.5 Å². The Morgan fingerprint density at radius 3 is 0.392 bits per heavy atom. The minimum atomic E-state index is 0.621. The lowest BCUT2D eigenvalue weighted by Crippen LogP contribution is -2.05. The van der Waals surface area contributed by atoms with Crippen molar-refractivity contribution in [3.63, 3.8) is 0 Å². The first-order chi connectivity index (χ1) is 59.5. The lowest BCUT2D eigenvalue weighted by molar-refractivity contribution is 0.263. The van der Waals surface area contributed by atoms with Crippen molar-refractivity contribution in [1.82, 2.24) is 0 Å². The van der Waals surface area contributed by atoms with E-state index >= 15 is 0 Å². The van der Waals surface area contributed by atoms with Gasteiger partial charge in [-0.3, -0.25) is 0 Å². The summed E-state index contributed by atoms with van der Waals surface area (Å²) in [6, 6.07) is 64.4. The quantitative estimate of drug-likeness (QED) is 0.0280. The molecule has 0 N–H and O–H groups in total. The fraction of sp³-hybridized carbons (Fsp3) is 0.526. The maximum absolute atomic E-state index is 7.26. The molecule has 0 spiro atoms. The van der Waals surface area contributed by atoms with Crippen molar-refractivity contribution in [2.75, 3.05) is 39.6 Å². The molecule has 6 heteroatoms. The van der Waals surface area contributed by atoms with E-state index in [0.29, 0.717) is 39.6 Å². The molecule has 16 aromatic carbocycles. The minimum Gasteiger partial charge on any atom is -0.489 e. The second kappa shape index (κ2) is 48.2. The lowest BCUT2D eigenvalue weighted by Gasteiger charge is -2.21. The zero-order valence-electron chi connectivity index (χ0n) is 75.0. The topological polar surface area (TPSA) is 55.4 Å². The van der Waals surface area contributed by atoms with Gasteiger partial charge in [0, 0.05) is 97.0 Å². The molecular formula is C114H144O6. The van der Waals surface area contributed by atoms with E-state index in [1.807, 2.05) is 0 Å². The predicted molar refractivity (Wildman–Crippen MR) is 518 cm³/mol. The van der Waals surface area contributed by atoms with Gasteiger partial charge in [-0.25, -0.2) is 0 Å². The van der Waals surface area contributed by atoms with Gasteiger partial charge in [0.25, 0.3) is 0 Å². The number of ether oxygens (including phenoxy) is 6. The van der Waals surface area contributed by atoms with Gasteiger partial charge < -0.3 is 28.4 Å². The molecule has 18 bridgehead atoms. The van der Waals surface area contributed by atoms with E-state index in [0.717, 1.165) is 241 Å². The summed E-state index contributed by atoms with van der Waals surface area (Å²) >= 11 is 0. The first kappa shape index (κ1) is 89.0. The Hall–Kier alpha value is -8.76. The van der Waals surface area contributed by atoms with E-state index in [4.69, 9.17) is 28.4 Å². The molecule has 0 aliphatic carbocycles. The van der Waals surface area contributed by atoms with Crippen LogP contribution in [0.1, 0.15) is 350 Å². The van der Waals surface area contributed by atoms with Gasteiger partial charge in [-0.05, 0) is 144 Å². The van der Waals surface area contributed by atoms with Crippen LogP contribution in [0.4, 0.5) is 0 Å². The van der Waals surface area contributed by atoms with E-state index in [1.54, 1.807) is 0 Å². The van der Waals surface area contributed by atoms with Crippen molar-refractivity contribution in [3.8, 4) is 34.5 Å². The second-order valence-electron chi connectivity index (χ2n) is 35.4. The first-order valence-corrected chi connectivity index (χ1v) is 49.1. The molecule has 120 heavy (non-hydrogen) atoms. The molecule has 0 radical (unpaired) electrons. The third kappa shape index (κ3) is 22.7. The third-order valence-electron chi connectivity index (χ3n) is 26.0. The smallest absolute Gasteiger partial charge is 0.169 e. The molecule has 16 aromatic rings. The van der Waals surface area contributed by atoms with E-state index in [2.05, 4.69) is 187 Å². The van der Waals surface area contributed by atoms with Gasteiger partial charge in [0.05, 0.1) is 39.6 Å². The molecule has 16 rings (SSSR count). The van der Waals surface area contributed by atoms with Crippen molar-refractivity contribution in [1.29, 1.82) is 0 Å². The van der Waals surface area contributed by atoms with Crippen molar-refractivity contribution < 1.29 is 28.4 Å². The zero-order valence-corrected chi connectivity index (χ0v) is 75.0. The van der Waals surface area contributed by atoms with Crippen LogP contribution in [0.3, 0.4) is 0 Å². The van der Waals surface area contributed by atoms with Gasteiger partial charge >= 0.3 is 0 Å². The Balaban J connectivity index is 1.02. The molecule has 0 unspecified atom stereocenters. The van der Waals surface area contributed by atoms with Crippen LogP contribution in [-0.4, -0.2) is 39.6 Å². The van der Waals surface area contributed by atoms with Crippen molar-refractivity contribution in [2.45, 2.75) is 350 Å². The van der Waals surface area contributed by atoms with Gasteiger partial charge in [0.1, 0.15) is 0 Å². The number of benzene rings is 12. The maximum Gasteiger partial charge on any atom is 0.169 e. The molecule has 0 saturated carbocycles. The molecule has 0 fully saturated rings. The highest BCUT2D eigenvalue weighted by atomic mass is 16.5. The summed E-state index contributed by atoms with van der Waals surface area (Å²) in [6.07, 6.45) is 59.0. The molecule has 0 heterocycles. The highest BCUT2D eigenvalue weighted by Crippen LogP contribution is 2.53. The molecule has 0 amide bonds. The Morgan fingerprint density at radius 2 is 0.258 bits per heavy atom. The maximum atomic E-state index is 7.26. The Bertz CT molecular complexity index is 4500. The van der Waals surface area contributed by atoms with Crippen LogP contribution in [0, 0.1) is 36.4 Å². The molecule has 0 aromatic heterocycles. The van der Waals surface area contributed by atoms with Crippen LogP contribution in [0.2, 0.25) is 0 Å². The lowest BCUT2D eigenvalue weighted by atomic mass is 9.90. The first-order valence-electron chi connectivity index (χ1n) is 49.1. The molecule has 0 aliphatic heterocycles. The number of unbranched alkanes of at least 4 members (excludes halogenated alkanes) is 42. The van der Waals surface area contributed by atoms with E-state index in [1.165, 1.54) is 231 Å². The summed E-state index contributed by atoms with van der Waals surface area (Å²) in [5.74, 6) is 5.03. The summed E-state index contributed by atoms with van der Waals surface area (Å²) in [5, 5.41) is 25.5. The van der Waals surface area contributed by atoms with Crippen LogP contribution >= 0.6 is 0 Å². The average Bonchev–Trinajstić information content (AvgIpc) is 0.724. The highest BCUT2D eigenvalue weighted by Gasteiger charge is 2.26. The van der Waals surface area contributed by atoms with Crippen molar-refractivity contribution in [2.24, 2.45) is 0 Å². The van der Waals surface area contributed by atoms with E-state index < -0.39 is 0 Å². The third-order valence-corrected chi connectivity index (χ3v) is 26.0. The van der Waals surface area contributed by atoms with Crippen LogP contribution < -0.4 is 28.4 Å². The fourth-order valence-electron chi connectivity index (χ4n) is 19.1. The van der Waals surface area contributed by atoms with Crippen LogP contribution in [-0.2, 0) is 0 Å². The normalized spacial score (nSPS) is 11.8. The Kier molecular flexibility index (Phi) is 35.7. The SMILES string of the molecule is CCCCCCCCCCOc1c(OCCCCCCCCCC)c2ccc3c#cc4ccc5c(OCCCCCCCCCC)c(OCCCCCCCCCC)c6ccc(c#cc7ccc8c(OCCCCCCCCCC)c(OCCCCCCCCCC)c9ccc(c#cc%10ccc1c1c%10ccc3c21)c1ccc7c8c91)c1ccc4c5c61. The summed E-state index contributed by atoms with van der Waals surface area (Å²) in [7, 11) is 0. The van der Waals surface area contributed by atoms with Gasteiger partial charge in [-0.2, -0.15) is 0 Å². The summed E-state index contributed by atoms with van der Waals surface area (Å²) in [5.41, 5.74) is 0. The zero-order chi connectivity index (χ0) is 82.7. The monoisotopic (exact) mass is 1610 g/mol. The standard InChI is InChI=1S/C114H144O6/c1-7-13-19-25-31-37-43-49-79-115-109-97-67-61-85-55-56-87-63-69-99-105-93(87)75-76-95-89(65-71-101(107(95)105)113(119-83-53-47-41-35-29-23-17-11-5)111(99)117-81-51-45-39-33-27-21-15-9-3)59-60-90-66-72-102-108-96(90)78-77-94-88(58-57-86-62-68-98(104-92(86)74-73-91(85)103(97)104)110(109)116-80-50-44-38-32-26-20-14-8-2)64-70-100(106(94)108)112(118-82-52-46-40-34-28-22-16-10-4)114(102)120-84-54-48-42-36-30-24-18-12-6/h61-78H,7-54,79-84H2,1-6H3. The summed E-state index contributed by atoms with van der Waals surface area (Å²) < 4.78 is 43.6. The highest BCUT2D eigenvalue weighted by molar-refractivity contribution is 6.34. The van der Waals surface area contributed by atoms with Gasteiger partial charge in [0.2, 0.25) is 0 Å². The average molecular weight is 1610 g/mol. The van der Waals surface area contributed by atoms with Gasteiger partial charge in [-0.1, -0.05) is 384 Å². The predicted octanol–water partition coefficient (Wildman–Crippen LogP) is 35.4. The molecule has 0 atom stereocenters. The van der Waals surface area contributed by atoms with E-state index in [9.17, 15) is 0 Å². The molecule has 0 aliphatic rings. The number of hydrogen-bond donors (Lipinski definition) is 0. The molecule has 0 saturated heterocycles. The molecular weight excluding hydrogens is 1470 g/mol. The summed E-state index contributed by atoms with van der Waals surface area (Å²) in [6.45, 7) is 17.5.